The van der Waals surface area contributed by atoms with E-state index < -0.39 is 0 Å². The Morgan fingerprint density at radius 1 is 1.62 bits per heavy atom. The molecule has 4 heterocycles. The third-order valence-corrected chi connectivity index (χ3v) is 1.98. The number of aromatic nitrogens is 2. The average Bonchev–Trinajstić information content (AvgIpc) is 1.84. The van der Waals surface area contributed by atoms with Gasteiger partial charge in [0.05, 0.1) is 11.6 Å². The van der Waals surface area contributed by atoms with Gasteiger partial charge in [0, 0.05) is 6.20 Å². The number of rotatable bonds is 0. The Balaban J connectivity index is 2.60. The molecule has 38 valence electrons. The molecule has 4 aliphatic rings. The van der Waals surface area contributed by atoms with Crippen molar-refractivity contribution in [3.05, 3.63) is 23.3 Å². The molecule has 0 fully saturated rings. The summed E-state index contributed by atoms with van der Waals surface area (Å²) in [5.41, 5.74) is 2.68. The van der Waals surface area contributed by atoms with E-state index in [0.717, 1.165) is 5.82 Å². The lowest BCUT2D eigenvalue weighted by atomic mass is 9.77. The second kappa shape index (κ2) is 0.690. The van der Waals surface area contributed by atoms with Crippen molar-refractivity contribution >= 4 is 0 Å². The Kier molecular flexibility index (Phi) is 0.274. The molecule has 0 amide bonds. The minimum atomic E-state index is 0.676. The van der Waals surface area contributed by atoms with Crippen LogP contribution in [0.3, 0.4) is 0 Å². The van der Waals surface area contributed by atoms with Crippen LogP contribution in [0.15, 0.2) is 6.20 Å². The van der Waals surface area contributed by atoms with Crippen LogP contribution in [0.25, 0.3) is 0 Å². The highest BCUT2D eigenvalue weighted by molar-refractivity contribution is 5.45. The van der Waals surface area contributed by atoms with Crippen LogP contribution in [-0.2, 0) is 6.42 Å². The van der Waals surface area contributed by atoms with Crippen molar-refractivity contribution in [3.8, 4) is 0 Å². The first-order valence-corrected chi connectivity index (χ1v) is 2.81. The zero-order valence-corrected chi connectivity index (χ0v) is 4.26. The first-order valence-electron chi connectivity index (χ1n) is 2.81. The molecular formula is C6H4N2. The molecule has 0 spiro atoms. The predicted molar refractivity (Wildman–Crippen MR) is 27.6 cm³/mol. The maximum atomic E-state index is 4.16. The highest BCUT2D eigenvalue weighted by Crippen LogP contribution is 2.43. The van der Waals surface area contributed by atoms with Crippen LogP contribution in [0.5, 0.6) is 0 Å². The minimum Gasteiger partial charge on any atom is -0.240 e. The average molecular weight is 104 g/mol. The van der Waals surface area contributed by atoms with Crippen LogP contribution in [0.1, 0.15) is 23.0 Å². The van der Waals surface area contributed by atoms with Crippen molar-refractivity contribution in [3.63, 3.8) is 0 Å². The van der Waals surface area contributed by atoms with Crippen molar-refractivity contribution in [2.24, 2.45) is 0 Å². The number of hydrogen-bond donors (Lipinski definition) is 0. The van der Waals surface area contributed by atoms with Gasteiger partial charge >= 0.3 is 0 Å². The summed E-state index contributed by atoms with van der Waals surface area (Å²) in [7, 11) is 0. The molecule has 0 N–H and O–H groups in total. The fourth-order valence-corrected chi connectivity index (χ4v) is 1.39. The lowest BCUT2D eigenvalue weighted by Crippen LogP contribution is -2.32. The molecule has 4 bridgehead atoms. The Morgan fingerprint density at radius 2 is 2.62 bits per heavy atom. The molecule has 0 radical (unpaired) electrons. The molecule has 2 nitrogen and oxygen atoms in total. The van der Waals surface area contributed by atoms with Gasteiger partial charge in [-0.3, -0.25) is 0 Å². The molecule has 0 saturated heterocycles. The largest absolute Gasteiger partial charge is 0.240 e. The van der Waals surface area contributed by atoms with E-state index in [1.165, 1.54) is 17.7 Å². The van der Waals surface area contributed by atoms with Gasteiger partial charge in [0.1, 0.15) is 5.82 Å². The van der Waals surface area contributed by atoms with Crippen LogP contribution < -0.4 is 0 Å². The summed E-state index contributed by atoms with van der Waals surface area (Å²) in [6.07, 6.45) is 3.16. The fraction of sp³-hybridized carbons (Fsp3) is 0.333. The Labute approximate surface area is 46.6 Å². The minimum absolute atomic E-state index is 0.676. The molecule has 1 unspecified atom stereocenters. The zero-order valence-electron chi connectivity index (χ0n) is 4.26. The Hall–Kier alpha value is -0.920. The van der Waals surface area contributed by atoms with Crippen LogP contribution in [0, 0.1) is 0 Å². The van der Waals surface area contributed by atoms with Gasteiger partial charge < -0.3 is 0 Å². The van der Waals surface area contributed by atoms with Gasteiger partial charge in [-0.05, 0) is 12.0 Å². The van der Waals surface area contributed by atoms with Crippen LogP contribution in [0.2, 0.25) is 0 Å². The quantitative estimate of drug-likeness (QED) is 0.478. The maximum absolute atomic E-state index is 4.16. The van der Waals surface area contributed by atoms with Gasteiger partial charge in [-0.2, -0.15) is 0 Å². The smallest absolute Gasteiger partial charge is 0.137 e. The van der Waals surface area contributed by atoms with Crippen molar-refractivity contribution in [1.29, 1.82) is 0 Å². The third kappa shape index (κ3) is 0.146. The zero-order chi connectivity index (χ0) is 5.14. The highest BCUT2D eigenvalue weighted by Gasteiger charge is 2.39. The van der Waals surface area contributed by atoms with Gasteiger partial charge in [-0.1, -0.05) is 0 Å². The SMILES string of the molecule is c1nc2nc3c1CC23. The summed E-state index contributed by atoms with van der Waals surface area (Å²) in [4.78, 5) is 8.25. The number of hydrogen-bond acceptors (Lipinski definition) is 2. The lowest BCUT2D eigenvalue weighted by molar-refractivity contribution is 0.533. The molecule has 8 heavy (non-hydrogen) atoms. The Morgan fingerprint density at radius 3 is 2.75 bits per heavy atom. The van der Waals surface area contributed by atoms with Crippen molar-refractivity contribution in [2.45, 2.75) is 12.3 Å². The monoisotopic (exact) mass is 104 g/mol. The molecule has 5 rings (SSSR count). The van der Waals surface area contributed by atoms with Crippen molar-refractivity contribution in [1.82, 2.24) is 9.97 Å². The summed E-state index contributed by atoms with van der Waals surface area (Å²) in [5.74, 6) is 1.74. The lowest BCUT2D eigenvalue weighted by Gasteiger charge is -2.35. The fourth-order valence-electron chi connectivity index (χ4n) is 1.39. The van der Waals surface area contributed by atoms with E-state index in [2.05, 4.69) is 9.97 Å². The van der Waals surface area contributed by atoms with E-state index in [1.807, 2.05) is 6.20 Å². The molecule has 0 saturated carbocycles. The van der Waals surface area contributed by atoms with E-state index in [4.69, 9.17) is 0 Å². The third-order valence-electron chi connectivity index (χ3n) is 1.98. The number of nitrogens with zero attached hydrogens (tertiary/aromatic N) is 2. The maximum Gasteiger partial charge on any atom is 0.137 e. The molecule has 3 aliphatic heterocycles. The summed E-state index contributed by atoms with van der Waals surface area (Å²) in [6, 6.07) is 0. The van der Waals surface area contributed by atoms with Crippen LogP contribution >= 0.6 is 0 Å². The molecular weight excluding hydrogens is 100 g/mol. The summed E-state index contributed by atoms with van der Waals surface area (Å²) in [5, 5.41) is 0. The molecule has 1 aromatic heterocycles. The van der Waals surface area contributed by atoms with E-state index in [1.54, 1.807) is 0 Å². The standard InChI is InChI=1S/C6H4N2/c1-3-2-7-6-4(1)5(3)8-6/h2,4H,1H2. The van der Waals surface area contributed by atoms with Crippen LogP contribution in [-0.4, -0.2) is 9.97 Å². The summed E-state index contributed by atoms with van der Waals surface area (Å²) < 4.78 is 0. The van der Waals surface area contributed by atoms with Gasteiger partial charge in [-0.15, -0.1) is 0 Å². The Bertz CT molecular complexity index is 258. The second-order valence-electron chi connectivity index (χ2n) is 2.40. The summed E-state index contributed by atoms with van der Waals surface area (Å²) in [6.45, 7) is 0. The summed E-state index contributed by atoms with van der Waals surface area (Å²) >= 11 is 0. The molecule has 1 aliphatic carbocycles. The van der Waals surface area contributed by atoms with Crippen LogP contribution in [0.4, 0.5) is 0 Å². The van der Waals surface area contributed by atoms with Gasteiger partial charge in [-0.25, -0.2) is 9.97 Å². The second-order valence-corrected chi connectivity index (χ2v) is 2.40. The topological polar surface area (TPSA) is 25.8 Å². The molecule has 0 aromatic carbocycles. The van der Waals surface area contributed by atoms with E-state index >= 15 is 0 Å². The van der Waals surface area contributed by atoms with Gasteiger partial charge in [0.25, 0.3) is 0 Å². The molecule has 1 atom stereocenters. The molecule has 2 heteroatoms. The van der Waals surface area contributed by atoms with Gasteiger partial charge in [0.15, 0.2) is 0 Å². The van der Waals surface area contributed by atoms with E-state index in [9.17, 15) is 0 Å². The van der Waals surface area contributed by atoms with Gasteiger partial charge in [0.2, 0.25) is 0 Å². The van der Waals surface area contributed by atoms with Crippen molar-refractivity contribution < 1.29 is 0 Å². The van der Waals surface area contributed by atoms with E-state index in [0.29, 0.717) is 5.92 Å². The normalized spacial score (nSPS) is 26.2. The van der Waals surface area contributed by atoms with Crippen molar-refractivity contribution in [2.75, 3.05) is 0 Å². The first-order chi connectivity index (χ1) is 3.95. The predicted octanol–water partition coefficient (Wildman–Crippen LogP) is 0.478. The van der Waals surface area contributed by atoms with E-state index in [-0.39, 0.29) is 0 Å². The highest BCUT2D eigenvalue weighted by atomic mass is 15.0. The molecule has 1 aromatic rings. The first kappa shape index (κ1) is 3.17.